The van der Waals surface area contributed by atoms with Gasteiger partial charge in [-0.05, 0) is 36.8 Å². The molecule has 1 aromatic heterocycles. The number of nitrogens with zero attached hydrogens (tertiary/aromatic N) is 5. The third-order valence-electron chi connectivity index (χ3n) is 5.57. The topological polar surface area (TPSA) is 83.4 Å². The Kier molecular flexibility index (Phi) is 4.05. The Morgan fingerprint density at radius 1 is 1.10 bits per heavy atom. The molecule has 2 aromatic carbocycles. The van der Waals surface area contributed by atoms with Gasteiger partial charge in [0.2, 0.25) is 5.95 Å². The first-order valence-corrected chi connectivity index (χ1v) is 9.55. The Morgan fingerprint density at radius 2 is 1.87 bits per heavy atom. The van der Waals surface area contributed by atoms with Crippen LogP contribution in [0.5, 0.6) is 0 Å². The largest absolute Gasteiger partial charge is 0.325 e. The quantitative estimate of drug-likeness (QED) is 0.723. The number of aromatic nitrogens is 3. The summed E-state index contributed by atoms with van der Waals surface area (Å²) in [5, 5.41) is 11.1. The number of rotatable bonds is 3. The molecule has 1 fully saturated rings. The molecule has 0 saturated carbocycles. The van der Waals surface area contributed by atoms with Crippen molar-refractivity contribution in [2.75, 3.05) is 11.9 Å². The van der Waals surface area contributed by atoms with Gasteiger partial charge in [0.15, 0.2) is 11.9 Å². The number of hydrogen-bond acceptors (Lipinski definition) is 5. The van der Waals surface area contributed by atoms with Crippen molar-refractivity contribution >= 4 is 17.9 Å². The van der Waals surface area contributed by atoms with E-state index >= 15 is 0 Å². The van der Waals surface area contributed by atoms with E-state index in [1.165, 1.54) is 17.0 Å². The number of anilines is 1. The number of fused-ring (bicyclic) bond motifs is 3. The van der Waals surface area contributed by atoms with Gasteiger partial charge < -0.3 is 9.80 Å². The van der Waals surface area contributed by atoms with Crippen molar-refractivity contribution in [2.24, 2.45) is 0 Å². The van der Waals surface area contributed by atoms with Gasteiger partial charge in [0.25, 0.3) is 5.91 Å². The van der Waals surface area contributed by atoms with E-state index in [4.69, 9.17) is 0 Å². The molecule has 2 unspecified atom stereocenters. The van der Waals surface area contributed by atoms with Gasteiger partial charge in [0, 0.05) is 19.2 Å². The summed E-state index contributed by atoms with van der Waals surface area (Å²) in [5.41, 5.74) is 2.77. The molecule has 2 aliphatic heterocycles. The number of carbonyl (C=O) groups is 2. The van der Waals surface area contributed by atoms with Crippen LogP contribution >= 0.6 is 0 Å². The first kappa shape index (κ1) is 18.3. The zero-order valence-corrected chi connectivity index (χ0v) is 16.4. The van der Waals surface area contributed by atoms with E-state index in [-0.39, 0.29) is 11.7 Å². The number of hydrogen-bond donors (Lipinski definition) is 1. The molecule has 9 heteroatoms. The minimum atomic E-state index is -0.655. The molecule has 0 radical (unpaired) electrons. The van der Waals surface area contributed by atoms with Crippen molar-refractivity contribution in [3.63, 3.8) is 0 Å². The highest BCUT2D eigenvalue weighted by atomic mass is 19.1. The fourth-order valence-corrected chi connectivity index (χ4v) is 4.17. The molecule has 3 amide bonds. The second-order valence-corrected chi connectivity index (χ2v) is 7.58. The van der Waals surface area contributed by atoms with Gasteiger partial charge in [-0.3, -0.25) is 14.7 Å². The summed E-state index contributed by atoms with van der Waals surface area (Å²) >= 11 is 0. The Hall–Kier alpha value is -3.75. The van der Waals surface area contributed by atoms with Gasteiger partial charge in [-0.25, -0.2) is 9.18 Å². The molecule has 30 heavy (non-hydrogen) atoms. The predicted octanol–water partition coefficient (Wildman–Crippen LogP) is 2.46. The van der Waals surface area contributed by atoms with Crippen LogP contribution in [0.3, 0.4) is 0 Å². The van der Waals surface area contributed by atoms with Gasteiger partial charge in [-0.15, -0.1) is 10.2 Å². The number of aryl methyl sites for hydroxylation is 1. The number of amides is 3. The van der Waals surface area contributed by atoms with Crippen molar-refractivity contribution in [2.45, 2.75) is 25.7 Å². The first-order chi connectivity index (χ1) is 14.4. The van der Waals surface area contributed by atoms with Crippen LogP contribution in [0.1, 0.15) is 17.3 Å². The number of urea groups is 1. The standard InChI is InChI=1S/C21H19FN6O2/c1-12-4-3-5-13(10-12)11-27-16-18(29)23-21(30)26(2)19(16)28-17(24-25-20(27)28)14-6-8-15(22)9-7-14/h3-10,16,19H,11H2,1-2H3,(H,23,29,30). The molecule has 0 aliphatic carbocycles. The van der Waals surface area contributed by atoms with Crippen LogP contribution in [-0.4, -0.2) is 44.7 Å². The lowest BCUT2D eigenvalue weighted by Gasteiger charge is -2.37. The number of likely N-dealkylation sites (N-methyl/N-ethyl adjacent to an activating group) is 1. The molecule has 0 bridgehead atoms. The normalized spacial score (nSPS) is 20.2. The second kappa shape index (κ2) is 6.65. The van der Waals surface area contributed by atoms with Gasteiger partial charge in [-0.1, -0.05) is 29.8 Å². The van der Waals surface area contributed by atoms with E-state index in [0.717, 1.165) is 11.1 Å². The molecule has 1 N–H and O–H groups in total. The number of imide groups is 1. The minimum absolute atomic E-state index is 0.358. The number of benzene rings is 2. The van der Waals surface area contributed by atoms with E-state index in [0.29, 0.717) is 23.9 Å². The second-order valence-electron chi connectivity index (χ2n) is 7.58. The summed E-state index contributed by atoms with van der Waals surface area (Å²) < 4.78 is 15.2. The van der Waals surface area contributed by atoms with Crippen molar-refractivity contribution in [3.8, 4) is 11.4 Å². The van der Waals surface area contributed by atoms with Crippen molar-refractivity contribution < 1.29 is 14.0 Å². The van der Waals surface area contributed by atoms with Gasteiger partial charge >= 0.3 is 6.03 Å². The van der Waals surface area contributed by atoms with Crippen LogP contribution in [-0.2, 0) is 11.3 Å². The van der Waals surface area contributed by atoms with Gasteiger partial charge in [0.05, 0.1) is 0 Å². The zero-order chi connectivity index (χ0) is 21.0. The SMILES string of the molecule is Cc1cccc(CN2c3nnc(-c4ccc(F)cc4)n3C3C2C(=O)NC(=O)N3C)c1. The molecule has 3 aromatic rings. The number of halogens is 1. The average Bonchev–Trinajstić information content (AvgIpc) is 3.26. The maximum Gasteiger partial charge on any atom is 0.325 e. The highest BCUT2D eigenvalue weighted by Crippen LogP contribution is 2.41. The molecular weight excluding hydrogens is 387 g/mol. The summed E-state index contributed by atoms with van der Waals surface area (Å²) in [6.45, 7) is 2.44. The van der Waals surface area contributed by atoms with Crippen molar-refractivity contribution in [1.29, 1.82) is 0 Å². The molecule has 152 valence electrons. The molecule has 5 rings (SSSR count). The van der Waals surface area contributed by atoms with Crippen LogP contribution in [0.4, 0.5) is 15.1 Å². The van der Waals surface area contributed by atoms with E-state index in [2.05, 4.69) is 15.5 Å². The monoisotopic (exact) mass is 406 g/mol. The average molecular weight is 406 g/mol. The maximum atomic E-state index is 13.4. The number of nitrogens with one attached hydrogen (secondary N) is 1. The Balaban J connectivity index is 1.64. The molecule has 0 spiro atoms. The third-order valence-corrected chi connectivity index (χ3v) is 5.57. The predicted molar refractivity (Wildman–Crippen MR) is 107 cm³/mol. The molecule has 8 nitrogen and oxygen atoms in total. The highest BCUT2D eigenvalue weighted by Gasteiger charge is 2.52. The maximum absolute atomic E-state index is 13.4. The lowest BCUT2D eigenvalue weighted by Crippen LogP contribution is -2.61. The van der Waals surface area contributed by atoms with E-state index in [9.17, 15) is 14.0 Å². The summed E-state index contributed by atoms with van der Waals surface area (Å²) in [7, 11) is 1.63. The molecule has 1 saturated heterocycles. The molecular formula is C21H19FN6O2. The first-order valence-electron chi connectivity index (χ1n) is 9.55. The lowest BCUT2D eigenvalue weighted by atomic mass is 10.1. The van der Waals surface area contributed by atoms with E-state index in [1.54, 1.807) is 23.7 Å². The Labute approximate surface area is 171 Å². The van der Waals surface area contributed by atoms with Crippen LogP contribution in [0.2, 0.25) is 0 Å². The fraction of sp³-hybridized carbons (Fsp3) is 0.238. The Morgan fingerprint density at radius 3 is 2.60 bits per heavy atom. The Bertz CT molecular complexity index is 1160. The van der Waals surface area contributed by atoms with Crippen LogP contribution in [0.25, 0.3) is 11.4 Å². The van der Waals surface area contributed by atoms with Crippen molar-refractivity contribution in [1.82, 2.24) is 25.0 Å². The lowest BCUT2D eigenvalue weighted by molar-refractivity contribution is -0.124. The molecule has 2 atom stereocenters. The van der Waals surface area contributed by atoms with E-state index < -0.39 is 18.2 Å². The van der Waals surface area contributed by atoms with Gasteiger partial charge in [-0.2, -0.15) is 0 Å². The van der Waals surface area contributed by atoms with Crippen LogP contribution < -0.4 is 10.2 Å². The van der Waals surface area contributed by atoms with Gasteiger partial charge in [0.1, 0.15) is 12.0 Å². The third kappa shape index (κ3) is 2.73. The van der Waals surface area contributed by atoms with Crippen LogP contribution in [0, 0.1) is 12.7 Å². The van der Waals surface area contributed by atoms with E-state index in [1.807, 2.05) is 36.1 Å². The smallest absolute Gasteiger partial charge is 0.321 e. The van der Waals surface area contributed by atoms with Crippen molar-refractivity contribution in [3.05, 3.63) is 65.5 Å². The minimum Gasteiger partial charge on any atom is -0.321 e. The van der Waals surface area contributed by atoms with Crippen LogP contribution in [0.15, 0.2) is 48.5 Å². The summed E-state index contributed by atoms with van der Waals surface area (Å²) in [4.78, 5) is 28.5. The summed E-state index contributed by atoms with van der Waals surface area (Å²) in [5.74, 6) is 0.220. The number of carbonyl (C=O) groups excluding carboxylic acids is 2. The molecule has 3 heterocycles. The fourth-order valence-electron chi connectivity index (χ4n) is 4.17. The summed E-state index contributed by atoms with van der Waals surface area (Å²) in [6.07, 6.45) is -0.610. The molecule has 2 aliphatic rings. The highest BCUT2D eigenvalue weighted by molar-refractivity contribution is 6.02. The zero-order valence-electron chi connectivity index (χ0n) is 16.4. The summed E-state index contributed by atoms with van der Waals surface area (Å²) in [6, 6.07) is 12.8.